The lowest BCUT2D eigenvalue weighted by Gasteiger charge is -2.10. The van der Waals surface area contributed by atoms with E-state index in [1.807, 2.05) is 0 Å². The molecule has 1 heterocycles. The highest BCUT2D eigenvalue weighted by molar-refractivity contribution is 5.96. The van der Waals surface area contributed by atoms with Crippen molar-refractivity contribution in [3.63, 3.8) is 0 Å². The molecule has 0 bridgehead atoms. The highest BCUT2D eigenvalue weighted by Gasteiger charge is 2.22. The van der Waals surface area contributed by atoms with Gasteiger partial charge in [-0.25, -0.2) is 14.2 Å². The largest absolute Gasteiger partial charge is 0.478 e. The highest BCUT2D eigenvalue weighted by atomic mass is 19.1. The summed E-state index contributed by atoms with van der Waals surface area (Å²) >= 11 is 0. The predicted octanol–water partition coefficient (Wildman–Crippen LogP) is 1.02. The zero-order valence-corrected chi connectivity index (χ0v) is 9.96. The molecule has 0 aliphatic rings. The molecule has 7 nitrogen and oxygen atoms in total. The van der Waals surface area contributed by atoms with Crippen LogP contribution < -0.4 is 11.5 Å². The van der Waals surface area contributed by atoms with Crippen molar-refractivity contribution in [2.45, 2.75) is 0 Å². The highest BCUT2D eigenvalue weighted by Crippen LogP contribution is 2.30. The number of nitriles is 1. The van der Waals surface area contributed by atoms with Gasteiger partial charge in [0.25, 0.3) is 0 Å². The van der Waals surface area contributed by atoms with Crippen molar-refractivity contribution in [2.24, 2.45) is 0 Å². The molecule has 1 aromatic carbocycles. The van der Waals surface area contributed by atoms with Crippen LogP contribution in [0.5, 0.6) is 0 Å². The van der Waals surface area contributed by atoms with Gasteiger partial charge >= 0.3 is 5.97 Å². The average Bonchev–Trinajstić information content (AvgIpc) is 2.37. The summed E-state index contributed by atoms with van der Waals surface area (Å²) in [5.41, 5.74) is 9.77. The minimum absolute atomic E-state index is 0.230. The number of hydrogen-bond acceptors (Lipinski definition) is 6. The molecule has 5 N–H and O–H groups in total. The number of benzene rings is 1. The molecular formula is C12H8FN5O2. The fourth-order valence-electron chi connectivity index (χ4n) is 1.73. The summed E-state index contributed by atoms with van der Waals surface area (Å²) in [6, 6.07) is 5.20. The molecule has 0 spiro atoms. The van der Waals surface area contributed by atoms with Crippen LogP contribution in [0, 0.1) is 17.1 Å². The number of hydrogen-bond donors (Lipinski definition) is 3. The van der Waals surface area contributed by atoms with Crippen LogP contribution in [-0.4, -0.2) is 21.0 Å². The van der Waals surface area contributed by atoms with E-state index in [0.717, 1.165) is 6.07 Å². The molecule has 0 saturated carbocycles. The Morgan fingerprint density at radius 3 is 2.65 bits per heavy atom. The van der Waals surface area contributed by atoms with Gasteiger partial charge in [0.05, 0.1) is 16.8 Å². The lowest BCUT2D eigenvalue weighted by Crippen LogP contribution is -2.09. The number of aromatic nitrogens is 2. The van der Waals surface area contributed by atoms with Crippen molar-refractivity contribution in [2.75, 3.05) is 11.5 Å². The number of carbonyl (C=O) groups is 1. The van der Waals surface area contributed by atoms with E-state index in [9.17, 15) is 9.18 Å². The number of nitrogens with zero attached hydrogens (tertiary/aromatic N) is 3. The van der Waals surface area contributed by atoms with E-state index >= 15 is 0 Å². The first-order valence-corrected chi connectivity index (χ1v) is 5.31. The molecule has 0 radical (unpaired) electrons. The van der Waals surface area contributed by atoms with Crippen LogP contribution in [0.25, 0.3) is 11.3 Å². The van der Waals surface area contributed by atoms with Gasteiger partial charge in [-0.3, -0.25) is 0 Å². The lowest BCUT2D eigenvalue weighted by atomic mass is 10.0. The first-order chi connectivity index (χ1) is 9.45. The molecule has 0 aliphatic carbocycles. The fourth-order valence-corrected chi connectivity index (χ4v) is 1.73. The molecule has 1 aromatic heterocycles. The van der Waals surface area contributed by atoms with Gasteiger partial charge in [0, 0.05) is 0 Å². The third-order valence-electron chi connectivity index (χ3n) is 2.55. The second kappa shape index (κ2) is 4.81. The van der Waals surface area contributed by atoms with Crippen LogP contribution in [0.4, 0.5) is 16.2 Å². The molecule has 2 rings (SSSR count). The number of aromatic carboxylic acids is 1. The Morgan fingerprint density at radius 1 is 1.35 bits per heavy atom. The van der Waals surface area contributed by atoms with Gasteiger partial charge in [0.15, 0.2) is 0 Å². The summed E-state index contributed by atoms with van der Waals surface area (Å²) in [7, 11) is 0. The number of nitrogens with two attached hydrogens (primary N) is 2. The van der Waals surface area contributed by atoms with Crippen LogP contribution >= 0.6 is 0 Å². The Morgan fingerprint density at radius 2 is 2.05 bits per heavy atom. The molecular weight excluding hydrogens is 265 g/mol. The molecule has 0 amide bonds. The summed E-state index contributed by atoms with van der Waals surface area (Å²) in [6.45, 7) is 0. The molecule has 0 unspecified atom stereocenters. The first-order valence-electron chi connectivity index (χ1n) is 5.31. The minimum atomic E-state index is -1.36. The topological polar surface area (TPSA) is 139 Å². The summed E-state index contributed by atoms with van der Waals surface area (Å²) in [4.78, 5) is 18.5. The Bertz CT molecular complexity index is 754. The quantitative estimate of drug-likeness (QED) is 0.742. The molecule has 0 fully saturated rings. The maximum Gasteiger partial charge on any atom is 0.336 e. The van der Waals surface area contributed by atoms with Gasteiger partial charge in [0.1, 0.15) is 23.3 Å². The molecule has 20 heavy (non-hydrogen) atoms. The van der Waals surface area contributed by atoms with Crippen LogP contribution in [0.2, 0.25) is 0 Å². The Hall–Kier alpha value is -3.21. The average molecular weight is 273 g/mol. The zero-order valence-electron chi connectivity index (χ0n) is 9.96. The number of nitrogen functional groups attached to an aromatic ring is 2. The molecule has 0 aliphatic heterocycles. The Labute approximate surface area is 112 Å². The van der Waals surface area contributed by atoms with E-state index in [2.05, 4.69) is 9.97 Å². The smallest absolute Gasteiger partial charge is 0.336 e. The molecule has 100 valence electrons. The zero-order chi connectivity index (χ0) is 14.9. The fraction of sp³-hybridized carbons (Fsp3) is 0. The number of carboxylic acids is 1. The van der Waals surface area contributed by atoms with Gasteiger partial charge in [-0.1, -0.05) is 6.07 Å². The van der Waals surface area contributed by atoms with Gasteiger partial charge in [-0.15, -0.1) is 0 Å². The van der Waals surface area contributed by atoms with Gasteiger partial charge in [-0.05, 0) is 12.1 Å². The normalized spacial score (nSPS) is 10.0. The van der Waals surface area contributed by atoms with Crippen molar-refractivity contribution in [1.29, 1.82) is 5.26 Å². The summed E-state index contributed by atoms with van der Waals surface area (Å²) < 4.78 is 14.0. The number of anilines is 2. The Kier molecular flexibility index (Phi) is 3.18. The standard InChI is InChI=1S/C12H8FN5O2/c13-7-3-1-2-5(11(19)20)8(7)9-6(4-14)10(15)18-12(16)17-9/h1-3H,(H,19,20)(H4,15,16,17,18). The maximum absolute atomic E-state index is 14.0. The van der Waals surface area contributed by atoms with Crippen LogP contribution in [-0.2, 0) is 0 Å². The van der Waals surface area contributed by atoms with E-state index < -0.39 is 11.8 Å². The van der Waals surface area contributed by atoms with E-state index in [4.69, 9.17) is 21.8 Å². The van der Waals surface area contributed by atoms with Crippen molar-refractivity contribution < 1.29 is 14.3 Å². The van der Waals surface area contributed by atoms with Crippen molar-refractivity contribution in [1.82, 2.24) is 9.97 Å². The SMILES string of the molecule is N#Cc1c(N)nc(N)nc1-c1c(F)cccc1C(=O)O. The second-order valence-corrected chi connectivity index (χ2v) is 3.77. The molecule has 0 atom stereocenters. The van der Waals surface area contributed by atoms with E-state index in [-0.39, 0.29) is 34.2 Å². The minimum Gasteiger partial charge on any atom is -0.478 e. The van der Waals surface area contributed by atoms with Crippen LogP contribution in [0.1, 0.15) is 15.9 Å². The number of rotatable bonds is 2. The van der Waals surface area contributed by atoms with Gasteiger partial charge in [-0.2, -0.15) is 10.2 Å². The Balaban J connectivity index is 2.89. The molecule has 8 heteroatoms. The first kappa shape index (κ1) is 13.2. The third kappa shape index (κ3) is 2.08. The molecule has 0 saturated heterocycles. The maximum atomic E-state index is 14.0. The monoisotopic (exact) mass is 273 g/mol. The molecule has 2 aromatic rings. The number of halogens is 1. The second-order valence-electron chi connectivity index (χ2n) is 3.77. The van der Waals surface area contributed by atoms with Gasteiger partial charge < -0.3 is 16.6 Å². The lowest BCUT2D eigenvalue weighted by molar-refractivity contribution is 0.0697. The summed E-state index contributed by atoms with van der Waals surface area (Å²) in [5.74, 6) is -2.73. The predicted molar refractivity (Wildman–Crippen MR) is 67.9 cm³/mol. The number of carboxylic acid groups (broad SMARTS) is 1. The van der Waals surface area contributed by atoms with Gasteiger partial charge in [0.2, 0.25) is 5.95 Å². The van der Waals surface area contributed by atoms with Crippen molar-refractivity contribution in [3.8, 4) is 17.3 Å². The summed E-state index contributed by atoms with van der Waals surface area (Å²) in [5, 5.41) is 18.1. The summed E-state index contributed by atoms with van der Waals surface area (Å²) in [6.07, 6.45) is 0. The van der Waals surface area contributed by atoms with E-state index in [1.165, 1.54) is 12.1 Å². The van der Waals surface area contributed by atoms with E-state index in [1.54, 1.807) is 6.07 Å². The van der Waals surface area contributed by atoms with Crippen LogP contribution in [0.3, 0.4) is 0 Å². The van der Waals surface area contributed by atoms with E-state index in [0.29, 0.717) is 0 Å². The van der Waals surface area contributed by atoms with Crippen molar-refractivity contribution in [3.05, 3.63) is 35.1 Å². The van der Waals surface area contributed by atoms with Crippen molar-refractivity contribution >= 4 is 17.7 Å². The van der Waals surface area contributed by atoms with Crippen LogP contribution in [0.15, 0.2) is 18.2 Å². The third-order valence-corrected chi connectivity index (χ3v) is 2.55.